The number of nitrogens with zero attached hydrogens (tertiary/aromatic N) is 1. The Morgan fingerprint density at radius 2 is 2.47 bits per heavy atom. The van der Waals surface area contributed by atoms with Gasteiger partial charge < -0.3 is 10.1 Å². The molecular weight excluding hydrogens is 218 g/mol. The van der Waals surface area contributed by atoms with Crippen molar-refractivity contribution in [3.8, 4) is 0 Å². The third-order valence-electron chi connectivity index (χ3n) is 3.85. The molecule has 1 spiro atoms. The molecule has 2 aliphatic rings. The fourth-order valence-corrected chi connectivity index (χ4v) is 2.71. The molecule has 1 aliphatic carbocycles. The molecule has 0 bridgehead atoms. The molecule has 92 valence electrons. The number of amides is 1. The van der Waals surface area contributed by atoms with Crippen LogP contribution >= 0.6 is 0 Å². The molecule has 2 fully saturated rings. The van der Waals surface area contributed by atoms with Crippen LogP contribution in [0.5, 0.6) is 0 Å². The van der Waals surface area contributed by atoms with Crippen LogP contribution in [0, 0.1) is 0 Å². The zero-order valence-electron chi connectivity index (χ0n) is 9.74. The Kier molecular flexibility index (Phi) is 2.63. The van der Waals surface area contributed by atoms with Crippen molar-refractivity contribution in [3.63, 3.8) is 0 Å². The van der Waals surface area contributed by atoms with Gasteiger partial charge in [-0.15, -0.1) is 0 Å². The Bertz CT molecular complexity index is 398. The van der Waals surface area contributed by atoms with Crippen LogP contribution in [0.25, 0.3) is 0 Å². The molecule has 2 N–H and O–H groups in total. The van der Waals surface area contributed by atoms with E-state index in [-0.39, 0.29) is 17.6 Å². The van der Waals surface area contributed by atoms with Gasteiger partial charge in [-0.25, -0.2) is 0 Å². The summed E-state index contributed by atoms with van der Waals surface area (Å²) in [5.74, 6) is -0.0416. The van der Waals surface area contributed by atoms with Gasteiger partial charge >= 0.3 is 0 Å². The number of aromatic amines is 1. The maximum absolute atomic E-state index is 11.9. The summed E-state index contributed by atoms with van der Waals surface area (Å²) >= 11 is 0. The van der Waals surface area contributed by atoms with Crippen LogP contribution in [0.3, 0.4) is 0 Å². The van der Waals surface area contributed by atoms with Crippen molar-refractivity contribution in [1.82, 2.24) is 15.5 Å². The van der Waals surface area contributed by atoms with Gasteiger partial charge in [0.25, 0.3) is 5.91 Å². The van der Waals surface area contributed by atoms with E-state index in [1.807, 2.05) is 0 Å². The van der Waals surface area contributed by atoms with Crippen molar-refractivity contribution in [2.45, 2.75) is 43.7 Å². The van der Waals surface area contributed by atoms with E-state index in [0.717, 1.165) is 32.3 Å². The lowest BCUT2D eigenvalue weighted by molar-refractivity contribution is -0.134. The summed E-state index contributed by atoms with van der Waals surface area (Å²) in [6, 6.07) is 0.242. The van der Waals surface area contributed by atoms with E-state index in [1.165, 1.54) is 6.42 Å². The molecule has 1 amide bonds. The quantitative estimate of drug-likeness (QED) is 0.810. The minimum atomic E-state index is -0.0416. The van der Waals surface area contributed by atoms with E-state index < -0.39 is 0 Å². The Balaban J connectivity index is 1.60. The molecule has 3 rings (SSSR count). The lowest BCUT2D eigenvalue weighted by Gasteiger charge is -2.47. The molecular formula is C12H17N3O2. The van der Waals surface area contributed by atoms with Gasteiger partial charge in [-0.2, -0.15) is 5.10 Å². The van der Waals surface area contributed by atoms with E-state index in [2.05, 4.69) is 15.5 Å². The number of rotatable bonds is 2. The highest BCUT2D eigenvalue weighted by Crippen LogP contribution is 2.42. The summed E-state index contributed by atoms with van der Waals surface area (Å²) in [6.07, 6.45) is 8.57. The first-order valence-corrected chi connectivity index (χ1v) is 6.21. The molecule has 2 heterocycles. The summed E-state index contributed by atoms with van der Waals surface area (Å²) in [6.45, 7) is 0.760. The third-order valence-corrected chi connectivity index (χ3v) is 3.85. The molecule has 1 saturated heterocycles. The van der Waals surface area contributed by atoms with E-state index in [1.54, 1.807) is 12.4 Å². The van der Waals surface area contributed by atoms with Gasteiger partial charge in [-0.3, -0.25) is 9.89 Å². The molecule has 17 heavy (non-hydrogen) atoms. The Labute approximate surface area is 99.9 Å². The highest BCUT2D eigenvalue weighted by atomic mass is 16.5. The molecule has 1 unspecified atom stereocenters. The van der Waals surface area contributed by atoms with Crippen LogP contribution in [-0.2, 0) is 4.74 Å². The largest absolute Gasteiger partial charge is 0.375 e. The number of carbonyl (C=O) groups excluding carboxylic acids is 1. The van der Waals surface area contributed by atoms with Crippen LogP contribution in [-0.4, -0.2) is 34.4 Å². The SMILES string of the molecule is O=C(NC1CCOC2(CCC2)C1)c1cn[nH]c1. The van der Waals surface area contributed by atoms with Gasteiger partial charge in [0.15, 0.2) is 0 Å². The number of hydrogen-bond acceptors (Lipinski definition) is 3. The topological polar surface area (TPSA) is 67.0 Å². The van der Waals surface area contributed by atoms with Crippen molar-refractivity contribution in [2.75, 3.05) is 6.61 Å². The second-order valence-corrected chi connectivity index (χ2v) is 5.04. The van der Waals surface area contributed by atoms with E-state index in [0.29, 0.717) is 5.56 Å². The monoisotopic (exact) mass is 235 g/mol. The van der Waals surface area contributed by atoms with Crippen molar-refractivity contribution < 1.29 is 9.53 Å². The Morgan fingerprint density at radius 3 is 3.12 bits per heavy atom. The molecule has 5 heteroatoms. The number of nitrogens with one attached hydrogen (secondary N) is 2. The third kappa shape index (κ3) is 2.07. The zero-order chi connectivity index (χ0) is 11.7. The zero-order valence-corrected chi connectivity index (χ0v) is 9.74. The van der Waals surface area contributed by atoms with Crippen LogP contribution in [0.1, 0.15) is 42.5 Å². The number of H-pyrrole nitrogens is 1. The minimum absolute atomic E-state index is 0.0416. The minimum Gasteiger partial charge on any atom is -0.375 e. The highest BCUT2D eigenvalue weighted by molar-refractivity contribution is 5.93. The summed E-state index contributed by atoms with van der Waals surface area (Å²) in [5, 5.41) is 9.50. The number of aromatic nitrogens is 2. The average Bonchev–Trinajstić information content (AvgIpc) is 2.81. The second-order valence-electron chi connectivity index (χ2n) is 5.04. The Hall–Kier alpha value is -1.36. The lowest BCUT2D eigenvalue weighted by atomic mass is 9.74. The fraction of sp³-hybridized carbons (Fsp3) is 0.667. The smallest absolute Gasteiger partial charge is 0.254 e. The summed E-state index contributed by atoms with van der Waals surface area (Å²) < 4.78 is 5.83. The summed E-state index contributed by atoms with van der Waals surface area (Å²) in [5.41, 5.74) is 0.672. The predicted octanol–water partition coefficient (Wildman–Crippen LogP) is 1.24. The number of ether oxygens (including phenoxy) is 1. The van der Waals surface area contributed by atoms with Crippen molar-refractivity contribution in [3.05, 3.63) is 18.0 Å². The summed E-state index contributed by atoms with van der Waals surface area (Å²) in [4.78, 5) is 11.9. The Morgan fingerprint density at radius 1 is 1.59 bits per heavy atom. The van der Waals surface area contributed by atoms with Crippen LogP contribution in [0.15, 0.2) is 12.4 Å². The van der Waals surface area contributed by atoms with Gasteiger partial charge in [0.05, 0.1) is 17.4 Å². The molecule has 1 aromatic heterocycles. The average molecular weight is 235 g/mol. The normalized spacial score (nSPS) is 26.5. The van der Waals surface area contributed by atoms with Gasteiger partial charge in [0.1, 0.15) is 0 Å². The summed E-state index contributed by atoms with van der Waals surface area (Å²) in [7, 11) is 0. The maximum Gasteiger partial charge on any atom is 0.254 e. The van der Waals surface area contributed by atoms with Crippen molar-refractivity contribution >= 4 is 5.91 Å². The fourth-order valence-electron chi connectivity index (χ4n) is 2.71. The number of hydrogen-bond donors (Lipinski definition) is 2. The predicted molar refractivity (Wildman–Crippen MR) is 61.6 cm³/mol. The molecule has 5 nitrogen and oxygen atoms in total. The first kappa shape index (κ1) is 10.8. The van der Waals surface area contributed by atoms with E-state index >= 15 is 0 Å². The molecule has 0 aromatic carbocycles. The second kappa shape index (κ2) is 4.14. The van der Waals surface area contributed by atoms with Gasteiger partial charge in [-0.1, -0.05) is 0 Å². The molecule has 1 atom stereocenters. The number of carbonyl (C=O) groups is 1. The van der Waals surface area contributed by atoms with Crippen molar-refractivity contribution in [2.24, 2.45) is 0 Å². The van der Waals surface area contributed by atoms with Gasteiger partial charge in [-0.05, 0) is 32.1 Å². The van der Waals surface area contributed by atoms with Crippen LogP contribution in [0.2, 0.25) is 0 Å². The molecule has 1 aliphatic heterocycles. The van der Waals surface area contributed by atoms with Gasteiger partial charge in [0, 0.05) is 18.8 Å². The molecule has 1 aromatic rings. The van der Waals surface area contributed by atoms with Crippen LogP contribution in [0.4, 0.5) is 0 Å². The van der Waals surface area contributed by atoms with Crippen LogP contribution < -0.4 is 5.32 Å². The first-order chi connectivity index (χ1) is 8.27. The first-order valence-electron chi connectivity index (χ1n) is 6.21. The van der Waals surface area contributed by atoms with E-state index in [9.17, 15) is 4.79 Å². The van der Waals surface area contributed by atoms with Gasteiger partial charge in [0.2, 0.25) is 0 Å². The molecule has 0 radical (unpaired) electrons. The lowest BCUT2D eigenvalue weighted by Crippen LogP contribution is -2.51. The molecule has 1 saturated carbocycles. The highest BCUT2D eigenvalue weighted by Gasteiger charge is 2.42. The maximum atomic E-state index is 11.9. The van der Waals surface area contributed by atoms with E-state index in [4.69, 9.17) is 4.74 Å². The van der Waals surface area contributed by atoms with Crippen molar-refractivity contribution in [1.29, 1.82) is 0 Å². The standard InChI is InChI=1S/C12H17N3O2/c16-11(9-7-13-14-8-9)15-10-2-5-17-12(6-10)3-1-4-12/h7-8,10H,1-6H2,(H,13,14)(H,15,16).